The van der Waals surface area contributed by atoms with E-state index in [1.165, 1.54) is 17.7 Å². The summed E-state index contributed by atoms with van der Waals surface area (Å²) in [6, 6.07) is 12.7. The second-order valence-corrected chi connectivity index (χ2v) is 5.51. The van der Waals surface area contributed by atoms with Crippen molar-refractivity contribution >= 4 is 5.69 Å². The molecule has 2 aromatic rings. The maximum atomic E-state index is 5.70. The molecular formula is C18H22N2O. The van der Waals surface area contributed by atoms with Gasteiger partial charge in [-0.1, -0.05) is 19.1 Å². The summed E-state index contributed by atoms with van der Waals surface area (Å²) in [6.45, 7) is 2.88. The van der Waals surface area contributed by atoms with E-state index in [0.29, 0.717) is 6.04 Å². The Morgan fingerprint density at radius 3 is 3.14 bits per heavy atom. The molecule has 21 heavy (non-hydrogen) atoms. The third-order valence-electron chi connectivity index (χ3n) is 3.84. The molecule has 1 aromatic carbocycles. The Kier molecular flexibility index (Phi) is 4.39. The van der Waals surface area contributed by atoms with Crippen molar-refractivity contribution in [3.63, 3.8) is 0 Å². The average molecular weight is 282 g/mol. The highest BCUT2D eigenvalue weighted by atomic mass is 16.5. The van der Waals surface area contributed by atoms with Gasteiger partial charge in [-0.15, -0.1) is 0 Å². The Labute approximate surface area is 126 Å². The number of fused-ring (bicyclic) bond motifs is 1. The average Bonchev–Trinajstić information content (AvgIpc) is 2.54. The van der Waals surface area contributed by atoms with Crippen LogP contribution in [0.15, 0.2) is 42.6 Å². The Balaban J connectivity index is 1.75. The fourth-order valence-corrected chi connectivity index (χ4v) is 2.85. The summed E-state index contributed by atoms with van der Waals surface area (Å²) in [5, 5.41) is 3.61. The molecule has 0 saturated carbocycles. The number of anilines is 1. The predicted molar refractivity (Wildman–Crippen MR) is 85.8 cm³/mol. The Morgan fingerprint density at radius 2 is 2.24 bits per heavy atom. The Morgan fingerprint density at radius 1 is 1.29 bits per heavy atom. The molecule has 1 aliphatic carbocycles. The molecule has 1 unspecified atom stereocenters. The molecule has 1 heterocycles. The first kappa shape index (κ1) is 13.9. The Hall–Kier alpha value is -2.03. The SMILES string of the molecule is CCCOc1cccc(NC2CCCc3cccnc32)c1. The molecule has 110 valence electrons. The summed E-state index contributed by atoms with van der Waals surface area (Å²) >= 11 is 0. The Bertz CT molecular complexity index is 597. The van der Waals surface area contributed by atoms with Crippen molar-refractivity contribution in [3.8, 4) is 5.75 Å². The van der Waals surface area contributed by atoms with Crippen LogP contribution in [0.25, 0.3) is 0 Å². The summed E-state index contributed by atoms with van der Waals surface area (Å²) in [5.41, 5.74) is 3.68. The second-order valence-electron chi connectivity index (χ2n) is 5.51. The minimum atomic E-state index is 0.302. The molecule has 0 radical (unpaired) electrons. The molecule has 0 amide bonds. The fraction of sp³-hybridized carbons (Fsp3) is 0.389. The molecule has 0 saturated heterocycles. The first-order chi connectivity index (χ1) is 10.4. The molecule has 1 atom stereocenters. The van der Waals surface area contributed by atoms with E-state index in [4.69, 9.17) is 4.74 Å². The number of aryl methyl sites for hydroxylation is 1. The quantitative estimate of drug-likeness (QED) is 0.884. The van der Waals surface area contributed by atoms with Crippen molar-refractivity contribution in [3.05, 3.63) is 53.9 Å². The molecule has 3 nitrogen and oxygen atoms in total. The van der Waals surface area contributed by atoms with Crippen molar-refractivity contribution in [1.29, 1.82) is 0 Å². The molecule has 0 spiro atoms. The first-order valence-corrected chi connectivity index (χ1v) is 7.80. The summed E-state index contributed by atoms with van der Waals surface area (Å²) in [5.74, 6) is 0.930. The summed E-state index contributed by atoms with van der Waals surface area (Å²) in [4.78, 5) is 4.58. The van der Waals surface area contributed by atoms with Gasteiger partial charge in [0, 0.05) is 18.0 Å². The maximum Gasteiger partial charge on any atom is 0.121 e. The van der Waals surface area contributed by atoms with Gasteiger partial charge < -0.3 is 10.1 Å². The highest BCUT2D eigenvalue weighted by molar-refractivity contribution is 5.50. The molecule has 0 bridgehead atoms. The van der Waals surface area contributed by atoms with E-state index in [2.05, 4.69) is 35.4 Å². The number of ether oxygens (including phenoxy) is 1. The van der Waals surface area contributed by atoms with E-state index >= 15 is 0 Å². The number of nitrogens with one attached hydrogen (secondary N) is 1. The zero-order valence-electron chi connectivity index (χ0n) is 12.5. The van der Waals surface area contributed by atoms with Crippen LogP contribution in [0.2, 0.25) is 0 Å². The summed E-state index contributed by atoms with van der Waals surface area (Å²) in [6.07, 6.45) is 6.39. The number of benzene rings is 1. The third-order valence-corrected chi connectivity index (χ3v) is 3.84. The van der Waals surface area contributed by atoms with E-state index in [9.17, 15) is 0 Å². The molecular weight excluding hydrogens is 260 g/mol. The van der Waals surface area contributed by atoms with Crippen LogP contribution in [-0.2, 0) is 6.42 Å². The molecule has 0 aliphatic heterocycles. The van der Waals surface area contributed by atoms with Gasteiger partial charge in [-0.25, -0.2) is 0 Å². The lowest BCUT2D eigenvalue weighted by Crippen LogP contribution is -2.18. The summed E-state index contributed by atoms with van der Waals surface area (Å²) < 4.78 is 5.70. The minimum absolute atomic E-state index is 0.302. The largest absolute Gasteiger partial charge is 0.494 e. The van der Waals surface area contributed by atoms with E-state index in [1.54, 1.807) is 0 Å². The number of hydrogen-bond acceptors (Lipinski definition) is 3. The minimum Gasteiger partial charge on any atom is -0.494 e. The second kappa shape index (κ2) is 6.61. The van der Waals surface area contributed by atoms with E-state index < -0.39 is 0 Å². The van der Waals surface area contributed by atoms with Crippen LogP contribution in [0.4, 0.5) is 5.69 Å². The standard InChI is InChI=1S/C18H22N2O/c1-2-12-21-16-9-4-8-15(13-16)20-17-10-3-6-14-7-5-11-19-18(14)17/h4-5,7-9,11,13,17,20H,2-3,6,10,12H2,1H3. The van der Waals surface area contributed by atoms with Gasteiger partial charge in [0.15, 0.2) is 0 Å². The highest BCUT2D eigenvalue weighted by Gasteiger charge is 2.20. The number of pyridine rings is 1. The van der Waals surface area contributed by atoms with Crippen molar-refractivity contribution < 1.29 is 4.74 Å². The predicted octanol–water partition coefficient (Wildman–Crippen LogP) is 4.36. The van der Waals surface area contributed by atoms with Crippen LogP contribution in [0.5, 0.6) is 5.75 Å². The van der Waals surface area contributed by atoms with Gasteiger partial charge >= 0.3 is 0 Å². The summed E-state index contributed by atoms with van der Waals surface area (Å²) in [7, 11) is 0. The van der Waals surface area contributed by atoms with Crippen LogP contribution >= 0.6 is 0 Å². The lowest BCUT2D eigenvalue weighted by Gasteiger charge is -2.26. The smallest absolute Gasteiger partial charge is 0.121 e. The lowest BCUT2D eigenvalue weighted by molar-refractivity contribution is 0.317. The van der Waals surface area contributed by atoms with Gasteiger partial charge in [-0.2, -0.15) is 0 Å². The van der Waals surface area contributed by atoms with Gasteiger partial charge in [0.2, 0.25) is 0 Å². The van der Waals surface area contributed by atoms with Crippen molar-refractivity contribution in [2.75, 3.05) is 11.9 Å². The molecule has 0 fully saturated rings. The zero-order valence-corrected chi connectivity index (χ0v) is 12.5. The van der Waals surface area contributed by atoms with Gasteiger partial charge in [0.1, 0.15) is 5.75 Å². The van der Waals surface area contributed by atoms with Crippen molar-refractivity contribution in [2.24, 2.45) is 0 Å². The molecule has 1 aromatic heterocycles. The first-order valence-electron chi connectivity index (χ1n) is 7.80. The monoisotopic (exact) mass is 282 g/mol. The number of aromatic nitrogens is 1. The zero-order chi connectivity index (χ0) is 14.5. The van der Waals surface area contributed by atoms with Crippen molar-refractivity contribution in [2.45, 2.75) is 38.6 Å². The number of rotatable bonds is 5. The van der Waals surface area contributed by atoms with Crippen LogP contribution in [0.3, 0.4) is 0 Å². The number of nitrogens with zero attached hydrogens (tertiary/aromatic N) is 1. The van der Waals surface area contributed by atoms with Gasteiger partial charge in [-0.05, 0) is 49.4 Å². The van der Waals surface area contributed by atoms with Gasteiger partial charge in [0.05, 0.1) is 18.3 Å². The third kappa shape index (κ3) is 3.35. The fourth-order valence-electron chi connectivity index (χ4n) is 2.85. The van der Waals surface area contributed by atoms with Crippen LogP contribution < -0.4 is 10.1 Å². The van der Waals surface area contributed by atoms with Crippen molar-refractivity contribution in [1.82, 2.24) is 4.98 Å². The van der Waals surface area contributed by atoms with Crippen LogP contribution in [-0.4, -0.2) is 11.6 Å². The topological polar surface area (TPSA) is 34.1 Å². The maximum absolute atomic E-state index is 5.70. The molecule has 3 rings (SSSR count). The van der Waals surface area contributed by atoms with E-state index in [-0.39, 0.29) is 0 Å². The molecule has 1 aliphatic rings. The highest BCUT2D eigenvalue weighted by Crippen LogP contribution is 2.31. The molecule has 3 heteroatoms. The lowest BCUT2D eigenvalue weighted by atomic mass is 9.92. The van der Waals surface area contributed by atoms with E-state index in [0.717, 1.165) is 37.3 Å². The van der Waals surface area contributed by atoms with Gasteiger partial charge in [-0.3, -0.25) is 4.98 Å². The van der Waals surface area contributed by atoms with Crippen LogP contribution in [0.1, 0.15) is 43.5 Å². The van der Waals surface area contributed by atoms with Gasteiger partial charge in [0.25, 0.3) is 0 Å². The van der Waals surface area contributed by atoms with E-state index in [1.807, 2.05) is 24.4 Å². The molecule has 1 N–H and O–H groups in total. The normalized spacial score (nSPS) is 17.1. The van der Waals surface area contributed by atoms with Crippen LogP contribution in [0, 0.1) is 0 Å². The number of hydrogen-bond donors (Lipinski definition) is 1.